The lowest BCUT2D eigenvalue weighted by molar-refractivity contribution is -0.387. The topological polar surface area (TPSA) is 43.1 Å². The van der Waals surface area contributed by atoms with Crippen molar-refractivity contribution in [2.45, 2.75) is 6.16 Å². The Balaban J connectivity index is 3.12. The fourth-order valence-corrected chi connectivity index (χ4v) is 1.08. The van der Waals surface area contributed by atoms with Crippen molar-refractivity contribution in [2.75, 3.05) is 0 Å². The minimum atomic E-state index is -0.778. The molecule has 1 atom stereocenters. The van der Waals surface area contributed by atoms with Crippen molar-refractivity contribution in [1.82, 2.24) is 0 Å². The third kappa shape index (κ3) is 1.77. The summed E-state index contributed by atoms with van der Waals surface area (Å²) in [4.78, 5) is 9.45. The average molecular weight is 187 g/mol. The molecule has 12 heavy (non-hydrogen) atoms. The van der Waals surface area contributed by atoms with Gasteiger partial charge in [-0.25, -0.2) is 0 Å². The van der Waals surface area contributed by atoms with Crippen molar-refractivity contribution in [3.8, 4) is 0 Å². The molecule has 64 valence electrons. The fraction of sp³-hybridized carbons (Fsp3) is 0.143. The van der Waals surface area contributed by atoms with Gasteiger partial charge < -0.3 is 0 Å². The van der Waals surface area contributed by atoms with E-state index in [1.54, 1.807) is 0 Å². The molecule has 0 aliphatic carbocycles. The van der Waals surface area contributed by atoms with Crippen LogP contribution in [0.1, 0.15) is 5.56 Å². The minimum absolute atomic E-state index is 0.475. The third-order valence-electron chi connectivity index (χ3n) is 1.44. The van der Waals surface area contributed by atoms with Gasteiger partial charge in [-0.1, -0.05) is 6.07 Å². The maximum atomic E-state index is 12.8. The normalized spacial score (nSPS) is 9.83. The van der Waals surface area contributed by atoms with E-state index in [4.69, 9.17) is 0 Å². The summed E-state index contributed by atoms with van der Waals surface area (Å²) < 4.78 is 12.8. The van der Waals surface area contributed by atoms with Gasteiger partial charge in [-0.3, -0.25) is 10.1 Å². The molecular formula is C7H7FNO2P. The predicted octanol–water partition coefficient (Wildman–Crippen LogP) is 2.11. The summed E-state index contributed by atoms with van der Waals surface area (Å²) in [7, 11) is 2.42. The lowest BCUT2D eigenvalue weighted by Crippen LogP contribution is -1.92. The number of halogens is 1. The van der Waals surface area contributed by atoms with Crippen molar-refractivity contribution in [2.24, 2.45) is 0 Å². The Morgan fingerprint density at radius 1 is 1.58 bits per heavy atom. The average Bonchev–Trinajstić information content (AvgIpc) is 2.03. The quantitative estimate of drug-likeness (QED) is 0.404. The molecule has 1 aromatic carbocycles. The first-order valence-electron chi connectivity index (χ1n) is 3.28. The number of hydrogen-bond acceptors (Lipinski definition) is 2. The molecule has 0 fully saturated rings. The van der Waals surface area contributed by atoms with Crippen LogP contribution in [0.15, 0.2) is 18.2 Å². The van der Waals surface area contributed by atoms with Crippen molar-refractivity contribution >= 4 is 14.9 Å². The number of nitro groups is 1. The Morgan fingerprint density at radius 2 is 2.25 bits per heavy atom. The van der Waals surface area contributed by atoms with Gasteiger partial charge in [0.2, 0.25) is 5.82 Å². The van der Waals surface area contributed by atoms with E-state index in [2.05, 4.69) is 9.24 Å². The fourth-order valence-electron chi connectivity index (χ4n) is 0.825. The second kappa shape index (κ2) is 3.59. The minimum Gasteiger partial charge on any atom is -0.258 e. The summed E-state index contributed by atoms with van der Waals surface area (Å²) in [5.41, 5.74) is 0.250. The van der Waals surface area contributed by atoms with Gasteiger partial charge in [0.1, 0.15) is 0 Å². The molecular weight excluding hydrogens is 180 g/mol. The largest absolute Gasteiger partial charge is 0.304 e. The zero-order valence-electron chi connectivity index (χ0n) is 6.16. The van der Waals surface area contributed by atoms with Crippen molar-refractivity contribution in [1.29, 1.82) is 0 Å². The van der Waals surface area contributed by atoms with Crippen molar-refractivity contribution < 1.29 is 9.31 Å². The first-order chi connectivity index (χ1) is 5.65. The van der Waals surface area contributed by atoms with Crippen LogP contribution in [0.4, 0.5) is 10.1 Å². The van der Waals surface area contributed by atoms with Crippen LogP contribution in [0.5, 0.6) is 0 Å². The van der Waals surface area contributed by atoms with Crippen molar-refractivity contribution in [3.05, 3.63) is 39.7 Å². The van der Waals surface area contributed by atoms with Crippen LogP contribution in [-0.2, 0) is 6.16 Å². The highest BCUT2D eigenvalue weighted by Gasteiger charge is 2.12. The Morgan fingerprint density at radius 3 is 2.67 bits per heavy atom. The second-order valence-electron chi connectivity index (χ2n) is 2.25. The van der Waals surface area contributed by atoms with Gasteiger partial charge in [0.05, 0.1) is 4.92 Å². The molecule has 1 aromatic rings. The molecule has 0 radical (unpaired) electrons. The van der Waals surface area contributed by atoms with Crippen LogP contribution in [0, 0.1) is 15.9 Å². The molecule has 0 saturated carbocycles. The van der Waals surface area contributed by atoms with Gasteiger partial charge in [-0.15, -0.1) is 9.24 Å². The zero-order chi connectivity index (χ0) is 9.14. The molecule has 5 heteroatoms. The standard InChI is InChI=1S/C7H7FNO2P/c8-6-3-5(4-12)1-2-7(6)9(10)11/h1-3H,4,12H2. The Hall–Kier alpha value is -1.02. The first kappa shape index (κ1) is 9.07. The number of benzene rings is 1. The van der Waals surface area contributed by atoms with E-state index in [9.17, 15) is 14.5 Å². The molecule has 0 saturated heterocycles. The summed E-state index contributed by atoms with van der Waals surface area (Å²) in [6, 6.07) is 3.88. The highest BCUT2D eigenvalue weighted by Crippen LogP contribution is 2.18. The summed E-state index contributed by atoms with van der Waals surface area (Å²) in [6.45, 7) is 0. The van der Waals surface area contributed by atoms with Gasteiger partial charge >= 0.3 is 5.69 Å². The Bertz CT molecular complexity index is 316. The first-order valence-corrected chi connectivity index (χ1v) is 4.09. The van der Waals surface area contributed by atoms with Crippen LogP contribution in [0.2, 0.25) is 0 Å². The maximum absolute atomic E-state index is 12.8. The third-order valence-corrected chi connectivity index (χ3v) is 1.92. The Kier molecular flexibility index (Phi) is 2.71. The van der Waals surface area contributed by atoms with Gasteiger partial charge in [-0.05, 0) is 17.8 Å². The van der Waals surface area contributed by atoms with E-state index in [0.29, 0.717) is 6.16 Å². The molecule has 0 aromatic heterocycles. The van der Waals surface area contributed by atoms with Gasteiger partial charge in [0.15, 0.2) is 0 Å². The monoisotopic (exact) mass is 187 g/mol. The number of nitrogens with zero attached hydrogens (tertiary/aromatic N) is 1. The van der Waals surface area contributed by atoms with E-state index in [0.717, 1.165) is 5.56 Å². The predicted molar refractivity (Wildman–Crippen MR) is 46.5 cm³/mol. The van der Waals surface area contributed by atoms with E-state index in [1.807, 2.05) is 0 Å². The van der Waals surface area contributed by atoms with Crippen LogP contribution in [0.3, 0.4) is 0 Å². The van der Waals surface area contributed by atoms with E-state index in [-0.39, 0.29) is 0 Å². The smallest absolute Gasteiger partial charge is 0.258 e. The second-order valence-corrected chi connectivity index (χ2v) is 2.66. The molecule has 0 spiro atoms. The molecule has 0 amide bonds. The van der Waals surface area contributed by atoms with Gasteiger partial charge in [0, 0.05) is 6.07 Å². The molecule has 1 unspecified atom stereocenters. The van der Waals surface area contributed by atoms with Crippen LogP contribution in [-0.4, -0.2) is 4.92 Å². The Labute approximate surface area is 70.9 Å². The summed E-state index contributed by atoms with van der Waals surface area (Å²) in [5.74, 6) is -0.778. The molecule has 0 N–H and O–H groups in total. The molecule has 1 rings (SSSR count). The van der Waals surface area contributed by atoms with Crippen LogP contribution >= 0.6 is 9.24 Å². The van der Waals surface area contributed by atoms with Crippen LogP contribution in [0.25, 0.3) is 0 Å². The maximum Gasteiger partial charge on any atom is 0.304 e. The summed E-state index contributed by atoms with van der Waals surface area (Å²) >= 11 is 0. The van der Waals surface area contributed by atoms with Gasteiger partial charge in [-0.2, -0.15) is 4.39 Å². The lowest BCUT2D eigenvalue weighted by Gasteiger charge is -1.96. The number of hydrogen-bond donors (Lipinski definition) is 0. The molecule has 0 bridgehead atoms. The highest BCUT2D eigenvalue weighted by atomic mass is 31.0. The van der Waals surface area contributed by atoms with E-state index >= 15 is 0 Å². The zero-order valence-corrected chi connectivity index (χ0v) is 7.31. The van der Waals surface area contributed by atoms with E-state index in [1.165, 1.54) is 18.2 Å². The number of nitro benzene ring substituents is 1. The van der Waals surface area contributed by atoms with Crippen molar-refractivity contribution in [3.63, 3.8) is 0 Å². The lowest BCUT2D eigenvalue weighted by atomic mass is 10.2. The van der Waals surface area contributed by atoms with Crippen LogP contribution < -0.4 is 0 Å². The SMILES string of the molecule is O=[N+]([O-])c1ccc(CP)cc1F. The summed E-state index contributed by atoms with van der Waals surface area (Å²) in [5, 5.41) is 10.2. The van der Waals surface area contributed by atoms with E-state index < -0.39 is 16.4 Å². The molecule has 0 heterocycles. The molecule has 3 nitrogen and oxygen atoms in total. The molecule has 0 aliphatic rings. The highest BCUT2D eigenvalue weighted by molar-refractivity contribution is 7.15. The molecule has 0 aliphatic heterocycles. The number of rotatable bonds is 2. The summed E-state index contributed by atoms with van der Waals surface area (Å²) in [6.07, 6.45) is 0.592. The van der Waals surface area contributed by atoms with Gasteiger partial charge in [0.25, 0.3) is 0 Å².